The van der Waals surface area contributed by atoms with Gasteiger partial charge >= 0.3 is 10.3 Å². The Balaban J connectivity index is 0.997. The third-order valence-electron chi connectivity index (χ3n) is 10.3. The Kier molecular flexibility index (Phi) is 8.87. The molecule has 0 bridgehead atoms. The van der Waals surface area contributed by atoms with Gasteiger partial charge in [-0.2, -0.15) is 13.1 Å². The second-order valence-corrected chi connectivity index (χ2v) is 15.6. The van der Waals surface area contributed by atoms with Crippen LogP contribution in [-0.2, 0) is 40.8 Å². The van der Waals surface area contributed by atoms with E-state index in [0.717, 1.165) is 4.90 Å². The number of benzene rings is 4. The van der Waals surface area contributed by atoms with Crippen LogP contribution in [0.4, 0.5) is 0 Å². The molecule has 0 radical (unpaired) electrons. The Morgan fingerprint density at radius 1 is 0.750 bits per heavy atom. The molecule has 4 atom stereocenters. The Morgan fingerprint density at radius 2 is 1.29 bits per heavy atom. The number of hydrogen-bond acceptors (Lipinski definition) is 11. The molecule has 3 aliphatic rings. The molecule has 2 fully saturated rings. The minimum atomic E-state index is -4.51. The molecular weight excluding hydrogens is 737 g/mol. The van der Waals surface area contributed by atoms with Crippen molar-refractivity contribution in [2.45, 2.75) is 56.3 Å². The van der Waals surface area contributed by atoms with E-state index in [1.807, 2.05) is 91.0 Å². The van der Waals surface area contributed by atoms with Crippen LogP contribution in [0, 0.1) is 0 Å². The van der Waals surface area contributed by atoms with Crippen LogP contribution >= 0.6 is 0 Å². The molecule has 0 aliphatic carbocycles. The van der Waals surface area contributed by atoms with E-state index < -0.39 is 64.6 Å². The van der Waals surface area contributed by atoms with Crippen LogP contribution in [0.15, 0.2) is 128 Å². The molecule has 284 valence electrons. The quantitative estimate of drug-likeness (QED) is 0.141. The van der Waals surface area contributed by atoms with Crippen LogP contribution in [0.2, 0.25) is 0 Å². The number of hydrogen-bond donors (Lipinski definition) is 1. The van der Waals surface area contributed by atoms with Gasteiger partial charge in [-0.15, -0.1) is 0 Å². The lowest BCUT2D eigenvalue weighted by Gasteiger charge is -2.36. The zero-order valence-electron chi connectivity index (χ0n) is 30.3. The average molecular weight is 773 g/mol. The standard InChI is InChI=1S/C41H36N6O8S/c1-40(2)54-34-32(23-52-56(50,51)45-41(26-14-6-3-7-15-26,27-16-8-4-9-17-27)28-18-10-5-11-19-28)53-39(35(34)55-40)47-25-44-33-31(42-24-43-36(33)47)22-46-37(48)29-20-12-13-21-30(29)38(46)49/h3-21,24-25,32,34-35,39,45H,22-23H2,1-2H3/t32-,34-,35-,39-/m1/s1. The number of nitrogens with zero attached hydrogens (tertiary/aromatic N) is 5. The van der Waals surface area contributed by atoms with Crippen molar-refractivity contribution in [3.63, 3.8) is 0 Å². The van der Waals surface area contributed by atoms with Crippen LogP contribution in [0.1, 0.15) is 63.2 Å². The number of imide groups is 1. The molecule has 2 aromatic heterocycles. The number of nitrogens with one attached hydrogen (secondary N) is 1. The number of aromatic nitrogens is 4. The highest BCUT2D eigenvalue weighted by Crippen LogP contribution is 2.44. The van der Waals surface area contributed by atoms with Crippen molar-refractivity contribution in [3.05, 3.63) is 161 Å². The summed E-state index contributed by atoms with van der Waals surface area (Å²) >= 11 is 0. The molecular formula is C41H36N6O8S. The van der Waals surface area contributed by atoms with E-state index in [0.29, 0.717) is 44.7 Å². The summed E-state index contributed by atoms with van der Waals surface area (Å²) in [7, 11) is -4.51. The maximum absolute atomic E-state index is 14.2. The molecule has 15 heteroatoms. The Labute approximate surface area is 322 Å². The van der Waals surface area contributed by atoms with Crippen molar-refractivity contribution in [1.29, 1.82) is 0 Å². The number of ether oxygens (including phenoxy) is 3. The van der Waals surface area contributed by atoms with Crippen molar-refractivity contribution in [2.24, 2.45) is 0 Å². The Morgan fingerprint density at radius 3 is 1.86 bits per heavy atom. The highest BCUT2D eigenvalue weighted by atomic mass is 32.2. The zero-order chi connectivity index (χ0) is 38.7. The van der Waals surface area contributed by atoms with Crippen molar-refractivity contribution < 1.29 is 36.4 Å². The summed E-state index contributed by atoms with van der Waals surface area (Å²) in [6.07, 6.45) is -0.372. The molecule has 6 aromatic rings. The van der Waals surface area contributed by atoms with Gasteiger partial charge in [-0.3, -0.25) is 23.2 Å². The second-order valence-electron chi connectivity index (χ2n) is 14.2. The third kappa shape index (κ3) is 6.18. The van der Waals surface area contributed by atoms with Crippen molar-refractivity contribution in [1.82, 2.24) is 29.1 Å². The van der Waals surface area contributed by atoms with Gasteiger partial charge in [0.05, 0.1) is 36.3 Å². The fourth-order valence-electron chi connectivity index (χ4n) is 7.87. The highest BCUT2D eigenvalue weighted by Gasteiger charge is 2.57. The van der Waals surface area contributed by atoms with Gasteiger partial charge in [0.2, 0.25) is 0 Å². The fourth-order valence-corrected chi connectivity index (χ4v) is 8.97. The van der Waals surface area contributed by atoms with Gasteiger partial charge in [-0.25, -0.2) is 15.0 Å². The van der Waals surface area contributed by atoms with E-state index in [4.69, 9.17) is 18.4 Å². The molecule has 9 rings (SSSR count). The van der Waals surface area contributed by atoms with Crippen molar-refractivity contribution in [3.8, 4) is 0 Å². The van der Waals surface area contributed by atoms with Gasteiger partial charge in [0.25, 0.3) is 11.8 Å². The maximum atomic E-state index is 14.2. The fraction of sp³-hybridized carbons (Fsp3) is 0.244. The zero-order valence-corrected chi connectivity index (χ0v) is 31.1. The number of imidazole rings is 1. The monoisotopic (exact) mass is 772 g/mol. The number of carbonyl (C=O) groups excluding carboxylic acids is 2. The smallest absolute Gasteiger partial charge is 0.337 e. The molecule has 2 amide bonds. The molecule has 5 heterocycles. The molecule has 2 saturated heterocycles. The number of amides is 2. The normalized spacial score (nSPS) is 21.8. The van der Waals surface area contributed by atoms with E-state index in [-0.39, 0.29) is 6.54 Å². The third-order valence-corrected chi connectivity index (χ3v) is 11.3. The lowest BCUT2D eigenvalue weighted by atomic mass is 9.78. The SMILES string of the molecule is CC1(C)O[C@@H]2[C@H](O1)[C@@H](COS(=O)(=O)NC(c1ccccc1)(c1ccccc1)c1ccccc1)O[C@H]2n1cnc2c(CN3C(=O)c4ccccc4C3=O)ncnc21. The summed E-state index contributed by atoms with van der Waals surface area (Å²) in [6.45, 7) is 3.00. The van der Waals surface area contributed by atoms with Crippen molar-refractivity contribution >= 4 is 33.3 Å². The maximum Gasteiger partial charge on any atom is 0.337 e. The predicted molar refractivity (Wildman–Crippen MR) is 201 cm³/mol. The summed E-state index contributed by atoms with van der Waals surface area (Å²) in [4.78, 5) is 40.8. The van der Waals surface area contributed by atoms with Gasteiger partial charge in [-0.1, -0.05) is 103 Å². The summed E-state index contributed by atoms with van der Waals surface area (Å²) in [5.74, 6) is -1.87. The van der Waals surface area contributed by atoms with Crippen molar-refractivity contribution in [2.75, 3.05) is 6.61 Å². The van der Waals surface area contributed by atoms with E-state index in [1.165, 1.54) is 12.7 Å². The molecule has 14 nitrogen and oxygen atoms in total. The molecule has 0 unspecified atom stereocenters. The molecule has 1 N–H and O–H groups in total. The highest BCUT2D eigenvalue weighted by molar-refractivity contribution is 7.84. The van der Waals surface area contributed by atoms with Gasteiger partial charge in [0, 0.05) is 0 Å². The van der Waals surface area contributed by atoms with Gasteiger partial charge in [0.1, 0.15) is 35.7 Å². The molecule has 3 aliphatic heterocycles. The van der Waals surface area contributed by atoms with E-state index in [2.05, 4.69) is 19.7 Å². The van der Waals surface area contributed by atoms with Gasteiger partial charge in [0.15, 0.2) is 17.7 Å². The van der Waals surface area contributed by atoms with Crippen LogP contribution in [0.3, 0.4) is 0 Å². The lowest BCUT2D eigenvalue weighted by Crippen LogP contribution is -2.49. The van der Waals surface area contributed by atoms with E-state index in [9.17, 15) is 18.0 Å². The largest absolute Gasteiger partial charge is 0.347 e. The number of fused-ring (bicyclic) bond motifs is 3. The van der Waals surface area contributed by atoms with E-state index in [1.54, 1.807) is 42.7 Å². The van der Waals surface area contributed by atoms with Crippen LogP contribution in [0.5, 0.6) is 0 Å². The minimum Gasteiger partial charge on any atom is -0.347 e. The molecule has 0 saturated carbocycles. The number of carbonyl (C=O) groups is 2. The molecule has 0 spiro atoms. The van der Waals surface area contributed by atoms with E-state index >= 15 is 0 Å². The first-order chi connectivity index (χ1) is 27.0. The first kappa shape index (κ1) is 36.0. The Bertz CT molecular complexity index is 2420. The summed E-state index contributed by atoms with van der Waals surface area (Å²) < 4.78 is 57.8. The van der Waals surface area contributed by atoms with Gasteiger partial charge < -0.3 is 14.2 Å². The summed E-state index contributed by atoms with van der Waals surface area (Å²) in [6, 6.07) is 34.6. The molecule has 4 aromatic carbocycles. The van der Waals surface area contributed by atoms with Crippen LogP contribution in [-0.4, -0.2) is 75.4 Å². The second kappa shape index (κ2) is 13.8. The number of rotatable bonds is 11. The lowest BCUT2D eigenvalue weighted by molar-refractivity contribution is -0.198. The van der Waals surface area contributed by atoms with Gasteiger partial charge in [-0.05, 0) is 42.7 Å². The summed E-state index contributed by atoms with van der Waals surface area (Å²) in [5.41, 5.74) is 2.45. The average Bonchev–Trinajstić information content (AvgIpc) is 3.94. The molecule has 56 heavy (non-hydrogen) atoms. The summed E-state index contributed by atoms with van der Waals surface area (Å²) in [5, 5.41) is 0. The van der Waals surface area contributed by atoms with Crippen LogP contribution in [0.25, 0.3) is 11.2 Å². The first-order valence-electron chi connectivity index (χ1n) is 18.0. The van der Waals surface area contributed by atoms with Crippen LogP contribution < -0.4 is 4.72 Å². The first-order valence-corrected chi connectivity index (χ1v) is 19.4. The predicted octanol–water partition coefficient (Wildman–Crippen LogP) is 4.88. The Hall–Kier alpha value is -5.68. The minimum absolute atomic E-state index is 0.121. The topological polar surface area (TPSA) is 164 Å².